The molecule has 1 fully saturated rings. The smallest absolute Gasteiger partial charge is 0.223 e. The fourth-order valence-corrected chi connectivity index (χ4v) is 3.58. The molecule has 3 rings (SSSR count). The zero-order valence-corrected chi connectivity index (χ0v) is 16.3. The lowest BCUT2D eigenvalue weighted by molar-refractivity contribution is -0.918. The minimum atomic E-state index is 0.0298. The van der Waals surface area contributed by atoms with Crippen LogP contribution in [0.5, 0.6) is 5.75 Å². The summed E-state index contributed by atoms with van der Waals surface area (Å²) in [6, 6.07) is 16.4. The van der Waals surface area contributed by atoms with Gasteiger partial charge in [-0.05, 0) is 43.9 Å². The minimum Gasteiger partial charge on any atom is -0.493 e. The predicted molar refractivity (Wildman–Crippen MR) is 108 cm³/mol. The van der Waals surface area contributed by atoms with Gasteiger partial charge in [0.15, 0.2) is 0 Å². The van der Waals surface area contributed by atoms with Gasteiger partial charge in [-0.2, -0.15) is 0 Å². The quantitative estimate of drug-likeness (QED) is 0.753. The molecule has 4 nitrogen and oxygen atoms in total. The molecule has 0 saturated carbocycles. The standard InChI is InChI=1S/C23H30N2O2/c1-19-9-11-22(12-10-19)27-16-13-23(26)24-17-20-7-3-4-8-21(20)18-25-14-5-2-6-15-25/h3-4,7-12H,2,5-6,13-18H2,1H3,(H,24,26)/p+1. The summed E-state index contributed by atoms with van der Waals surface area (Å²) >= 11 is 0. The average molecular weight is 368 g/mol. The zero-order chi connectivity index (χ0) is 18.9. The Balaban J connectivity index is 1.43. The lowest BCUT2D eigenvalue weighted by atomic mass is 10.0. The number of likely N-dealkylation sites (tertiary alicyclic amines) is 1. The molecule has 0 aromatic heterocycles. The summed E-state index contributed by atoms with van der Waals surface area (Å²) in [7, 11) is 0. The van der Waals surface area contributed by atoms with Crippen LogP contribution in [0.25, 0.3) is 0 Å². The van der Waals surface area contributed by atoms with E-state index in [-0.39, 0.29) is 5.91 Å². The SMILES string of the molecule is Cc1ccc(OCCC(=O)NCc2ccccc2C[NH+]2CCCCC2)cc1. The molecule has 0 aliphatic carbocycles. The van der Waals surface area contributed by atoms with Crippen LogP contribution in [0.2, 0.25) is 0 Å². The second kappa shape index (κ2) is 10.1. The largest absolute Gasteiger partial charge is 0.493 e. The average Bonchev–Trinajstić information content (AvgIpc) is 2.70. The Bertz CT molecular complexity index is 721. The Morgan fingerprint density at radius 2 is 1.70 bits per heavy atom. The van der Waals surface area contributed by atoms with Crippen molar-refractivity contribution in [1.82, 2.24) is 5.32 Å². The topological polar surface area (TPSA) is 42.8 Å². The Hall–Kier alpha value is -2.33. The first-order valence-electron chi connectivity index (χ1n) is 10.1. The van der Waals surface area contributed by atoms with Crippen LogP contribution in [0.4, 0.5) is 0 Å². The normalized spacial score (nSPS) is 14.7. The summed E-state index contributed by atoms with van der Waals surface area (Å²) in [5, 5.41) is 3.04. The lowest BCUT2D eigenvalue weighted by Crippen LogP contribution is -3.11. The van der Waals surface area contributed by atoms with Crippen molar-refractivity contribution < 1.29 is 14.4 Å². The number of carbonyl (C=O) groups is 1. The van der Waals surface area contributed by atoms with Gasteiger partial charge in [0.1, 0.15) is 12.3 Å². The van der Waals surface area contributed by atoms with Gasteiger partial charge in [-0.1, -0.05) is 42.0 Å². The van der Waals surface area contributed by atoms with E-state index >= 15 is 0 Å². The minimum absolute atomic E-state index is 0.0298. The molecule has 1 saturated heterocycles. The molecule has 2 aromatic rings. The van der Waals surface area contributed by atoms with Crippen LogP contribution in [0, 0.1) is 6.92 Å². The number of aryl methyl sites for hydroxylation is 1. The third-order valence-electron chi connectivity index (χ3n) is 5.21. The van der Waals surface area contributed by atoms with E-state index in [1.807, 2.05) is 31.2 Å². The number of hydrogen-bond donors (Lipinski definition) is 2. The molecule has 0 bridgehead atoms. The number of piperidine rings is 1. The van der Waals surface area contributed by atoms with E-state index < -0.39 is 0 Å². The molecule has 0 spiro atoms. The zero-order valence-electron chi connectivity index (χ0n) is 16.3. The molecular weight excluding hydrogens is 336 g/mol. The van der Waals surface area contributed by atoms with Crippen LogP contribution < -0.4 is 15.0 Å². The Kier molecular flexibility index (Phi) is 7.28. The van der Waals surface area contributed by atoms with E-state index in [9.17, 15) is 4.79 Å². The monoisotopic (exact) mass is 367 g/mol. The van der Waals surface area contributed by atoms with E-state index in [0.717, 1.165) is 12.3 Å². The summed E-state index contributed by atoms with van der Waals surface area (Å²) in [5.41, 5.74) is 3.78. The molecule has 1 aliphatic heterocycles. The van der Waals surface area contributed by atoms with Crippen LogP contribution in [0.1, 0.15) is 42.4 Å². The maximum atomic E-state index is 12.2. The van der Waals surface area contributed by atoms with Crippen LogP contribution in [0.3, 0.4) is 0 Å². The van der Waals surface area contributed by atoms with Gasteiger partial charge in [0.2, 0.25) is 5.91 Å². The lowest BCUT2D eigenvalue weighted by Gasteiger charge is -2.24. The number of nitrogens with one attached hydrogen (secondary N) is 2. The second-order valence-corrected chi connectivity index (χ2v) is 7.44. The van der Waals surface area contributed by atoms with Gasteiger partial charge >= 0.3 is 0 Å². The molecule has 144 valence electrons. The number of carbonyl (C=O) groups excluding carboxylic acids is 1. The summed E-state index contributed by atoms with van der Waals surface area (Å²) in [4.78, 5) is 13.8. The van der Waals surface area contributed by atoms with Crippen LogP contribution >= 0.6 is 0 Å². The van der Waals surface area contributed by atoms with Gasteiger partial charge < -0.3 is 15.0 Å². The van der Waals surface area contributed by atoms with E-state index in [1.165, 1.54) is 49.0 Å². The number of rotatable bonds is 8. The maximum absolute atomic E-state index is 12.2. The molecule has 1 heterocycles. The summed E-state index contributed by atoms with van der Waals surface area (Å²) < 4.78 is 5.64. The van der Waals surface area contributed by atoms with Crippen molar-refractivity contribution in [1.29, 1.82) is 0 Å². The molecule has 0 radical (unpaired) electrons. The highest BCUT2D eigenvalue weighted by atomic mass is 16.5. The highest BCUT2D eigenvalue weighted by molar-refractivity contribution is 5.76. The van der Waals surface area contributed by atoms with Crippen LogP contribution in [-0.4, -0.2) is 25.6 Å². The van der Waals surface area contributed by atoms with Gasteiger partial charge in [-0.3, -0.25) is 4.79 Å². The predicted octanol–water partition coefficient (Wildman–Crippen LogP) is 2.65. The summed E-state index contributed by atoms with van der Waals surface area (Å²) in [5.74, 6) is 0.838. The molecule has 2 N–H and O–H groups in total. The van der Waals surface area contributed by atoms with Crippen molar-refractivity contribution in [2.24, 2.45) is 0 Å². The van der Waals surface area contributed by atoms with E-state index in [2.05, 4.69) is 29.6 Å². The number of ether oxygens (including phenoxy) is 1. The maximum Gasteiger partial charge on any atom is 0.223 e. The van der Waals surface area contributed by atoms with E-state index in [0.29, 0.717) is 19.6 Å². The third kappa shape index (κ3) is 6.40. The Morgan fingerprint density at radius 1 is 1.00 bits per heavy atom. The first-order chi connectivity index (χ1) is 13.2. The molecular formula is C23H31N2O2+. The van der Waals surface area contributed by atoms with Gasteiger partial charge in [0, 0.05) is 12.1 Å². The highest BCUT2D eigenvalue weighted by Crippen LogP contribution is 2.12. The summed E-state index contributed by atoms with van der Waals surface area (Å²) in [6.45, 7) is 6.61. The van der Waals surface area contributed by atoms with Gasteiger partial charge in [0.25, 0.3) is 0 Å². The molecule has 0 atom stereocenters. The van der Waals surface area contributed by atoms with Crippen molar-refractivity contribution in [2.75, 3.05) is 19.7 Å². The van der Waals surface area contributed by atoms with Crippen molar-refractivity contribution in [3.8, 4) is 5.75 Å². The van der Waals surface area contributed by atoms with Gasteiger partial charge in [-0.15, -0.1) is 0 Å². The number of quaternary nitrogens is 1. The second-order valence-electron chi connectivity index (χ2n) is 7.44. The highest BCUT2D eigenvalue weighted by Gasteiger charge is 2.15. The van der Waals surface area contributed by atoms with Crippen molar-refractivity contribution in [2.45, 2.75) is 45.7 Å². The molecule has 1 amide bonds. The Labute approximate surface area is 162 Å². The molecule has 27 heavy (non-hydrogen) atoms. The molecule has 1 aliphatic rings. The van der Waals surface area contributed by atoms with Gasteiger partial charge in [-0.25, -0.2) is 0 Å². The molecule has 4 heteroatoms. The molecule has 0 unspecified atom stereocenters. The van der Waals surface area contributed by atoms with Crippen LogP contribution in [0.15, 0.2) is 48.5 Å². The number of benzene rings is 2. The van der Waals surface area contributed by atoms with E-state index in [1.54, 1.807) is 4.90 Å². The first kappa shape index (κ1) is 19.4. The fraction of sp³-hybridized carbons (Fsp3) is 0.435. The van der Waals surface area contributed by atoms with Gasteiger partial charge in [0.05, 0.1) is 26.1 Å². The van der Waals surface area contributed by atoms with Crippen molar-refractivity contribution >= 4 is 5.91 Å². The van der Waals surface area contributed by atoms with Crippen LogP contribution in [-0.2, 0) is 17.9 Å². The van der Waals surface area contributed by atoms with Crippen molar-refractivity contribution in [3.05, 3.63) is 65.2 Å². The third-order valence-corrected chi connectivity index (χ3v) is 5.21. The first-order valence-corrected chi connectivity index (χ1v) is 10.1. The van der Waals surface area contributed by atoms with Crippen molar-refractivity contribution in [3.63, 3.8) is 0 Å². The fourth-order valence-electron chi connectivity index (χ4n) is 3.58. The Morgan fingerprint density at radius 3 is 2.44 bits per heavy atom. The number of amides is 1. The number of hydrogen-bond acceptors (Lipinski definition) is 2. The van der Waals surface area contributed by atoms with E-state index in [4.69, 9.17) is 4.74 Å². The molecule has 2 aromatic carbocycles. The summed E-state index contributed by atoms with van der Waals surface area (Å²) in [6.07, 6.45) is 4.39.